The van der Waals surface area contributed by atoms with Crippen LogP contribution in [0.15, 0.2) is 0 Å². The van der Waals surface area contributed by atoms with Crippen molar-refractivity contribution in [3.05, 3.63) is 0 Å². The smallest absolute Gasteiger partial charge is 0 e. The Bertz CT molecular complexity index is 198. The van der Waals surface area contributed by atoms with Crippen LogP contribution in [-0.4, -0.2) is 128 Å². The quantitative estimate of drug-likeness (QED) is 0.373. The van der Waals surface area contributed by atoms with Gasteiger partial charge in [0.2, 0.25) is 0 Å². The van der Waals surface area contributed by atoms with Crippen LogP contribution in [0.25, 0.3) is 0 Å². The summed E-state index contributed by atoms with van der Waals surface area (Å²) in [6.07, 6.45) is -4.25. The molecule has 0 N–H and O–H groups in total. The third kappa shape index (κ3) is 8.08. The van der Waals surface area contributed by atoms with Gasteiger partial charge in [0.05, 0.1) is 0 Å². The van der Waals surface area contributed by atoms with Crippen molar-refractivity contribution in [2.45, 2.75) is 0 Å². The van der Waals surface area contributed by atoms with Gasteiger partial charge in [-0.05, 0) is 0 Å². The summed E-state index contributed by atoms with van der Waals surface area (Å²) in [5.41, 5.74) is 0. The van der Waals surface area contributed by atoms with Gasteiger partial charge in [-0.15, -0.1) is 0 Å². The Morgan fingerprint density at radius 3 is 1.05 bits per heavy atom. The van der Waals surface area contributed by atoms with E-state index in [0.717, 1.165) is 0 Å². The van der Waals surface area contributed by atoms with Crippen molar-refractivity contribution in [2.75, 3.05) is 0 Å². The molecule has 0 bridgehead atoms. The van der Waals surface area contributed by atoms with Crippen LogP contribution in [0.1, 0.15) is 0 Å². The van der Waals surface area contributed by atoms with Gasteiger partial charge < -0.3 is 0 Å². The molecule has 0 aromatic rings. The van der Waals surface area contributed by atoms with Crippen molar-refractivity contribution in [3.63, 3.8) is 0 Å². The second-order valence-corrected chi connectivity index (χ2v) is 4.43. The molecule has 19 heavy (non-hydrogen) atoms. The zero-order valence-electron chi connectivity index (χ0n) is 10.8. The van der Waals surface area contributed by atoms with E-state index in [2.05, 4.69) is 0 Å². The monoisotopic (exact) mass is 249 g/mol. The van der Waals surface area contributed by atoms with Gasteiger partial charge in [-0.3, -0.25) is 0 Å². The molecule has 0 fully saturated rings. The summed E-state index contributed by atoms with van der Waals surface area (Å²) >= 11 is 0. The van der Waals surface area contributed by atoms with Gasteiger partial charge in [0.1, 0.15) is 0 Å². The van der Waals surface area contributed by atoms with E-state index in [-0.39, 0.29) is 18.6 Å². The maximum absolute atomic E-state index is 5.70. The third-order valence-corrected chi connectivity index (χ3v) is 2.89. The molecular formula is B18V. The molecule has 19 heteroatoms. The molecule has 0 saturated carbocycles. The Balaban J connectivity index is 0. The summed E-state index contributed by atoms with van der Waals surface area (Å²) in [6.45, 7) is 0. The molecule has 0 unspecified atom stereocenters. The second-order valence-electron chi connectivity index (χ2n) is 4.43. The summed E-state index contributed by atoms with van der Waals surface area (Å²) < 4.78 is 0. The van der Waals surface area contributed by atoms with Gasteiger partial charge in [-0.2, -0.15) is 0 Å². The zero-order chi connectivity index (χ0) is 14.5. The van der Waals surface area contributed by atoms with E-state index in [0.29, 0.717) is 0 Å². The fourth-order valence-electron chi connectivity index (χ4n) is 1.80. The van der Waals surface area contributed by atoms with Crippen molar-refractivity contribution in [1.29, 1.82) is 0 Å². The summed E-state index contributed by atoms with van der Waals surface area (Å²) in [4.78, 5) is 0. The summed E-state index contributed by atoms with van der Waals surface area (Å²) in [6, 6.07) is 0. The van der Waals surface area contributed by atoms with E-state index in [1.807, 2.05) is 0 Å². The van der Waals surface area contributed by atoms with Crippen LogP contribution in [0.3, 0.4) is 0 Å². The first-order valence-electron chi connectivity index (χ1n) is 5.67. The standard InChI is InChI=1S/B18.V/c1-10-16(12(2)3)18(15(8)9)11-17(13(4)5)14(6)7;. The van der Waals surface area contributed by atoms with E-state index in [1.165, 1.54) is 7.06 Å². The molecule has 21 radical (unpaired) electrons. The Hall–Kier alpha value is 1.75. The van der Waals surface area contributed by atoms with Crippen LogP contribution < -0.4 is 0 Å². The van der Waals surface area contributed by atoms with Crippen LogP contribution in [0.5, 0.6) is 0 Å². The first-order valence-corrected chi connectivity index (χ1v) is 5.67. The first kappa shape index (κ1) is 23.0. The Labute approximate surface area is 146 Å². The average molecular weight is 246 g/mol. The van der Waals surface area contributed by atoms with Crippen LogP contribution >= 0.6 is 0 Å². The average Bonchev–Trinajstić information content (AvgIpc) is 2.21. The fourth-order valence-corrected chi connectivity index (χ4v) is 1.80. The molecule has 0 spiro atoms. The molecule has 0 amide bonds. The van der Waals surface area contributed by atoms with Crippen molar-refractivity contribution < 1.29 is 18.6 Å². The van der Waals surface area contributed by atoms with E-state index < -0.39 is 44.7 Å². The van der Waals surface area contributed by atoms with E-state index in [1.54, 1.807) is 7.06 Å². The Kier molecular flexibility index (Phi) is 13.7. The maximum Gasteiger partial charge on any atom is 0 e. The maximum atomic E-state index is 5.70. The van der Waals surface area contributed by atoms with E-state index in [4.69, 9.17) is 69.6 Å². The molecule has 0 nitrogen and oxygen atoms in total. The largest absolute Gasteiger partial charge is 0 e. The minimum atomic E-state index is -0.737. The fraction of sp³-hybridized carbons (Fsp3) is 0. The first-order chi connectivity index (χ1) is 8.22. The van der Waals surface area contributed by atoms with Crippen molar-refractivity contribution in [1.82, 2.24) is 0 Å². The summed E-state index contributed by atoms with van der Waals surface area (Å²) in [7, 11) is 53.6. The Morgan fingerprint density at radius 2 is 0.842 bits per heavy atom. The molecule has 0 rings (SSSR count). The summed E-state index contributed by atoms with van der Waals surface area (Å²) in [5.74, 6) is 0. The molecule has 59 valence electrons. The minimum absolute atomic E-state index is 0. The van der Waals surface area contributed by atoms with Crippen molar-refractivity contribution in [2.24, 2.45) is 0 Å². The predicted octanol–water partition coefficient (Wildman–Crippen LogP) is -6.86. The topological polar surface area (TPSA) is 0 Å². The van der Waals surface area contributed by atoms with Gasteiger partial charge in [-0.1, -0.05) is 0 Å². The number of hydrogen-bond acceptors (Lipinski definition) is 0. The van der Waals surface area contributed by atoms with Gasteiger partial charge in [-0.25, -0.2) is 0 Å². The van der Waals surface area contributed by atoms with Crippen LogP contribution in [0, 0.1) is 0 Å². The molecule has 0 saturated heterocycles. The molecular weight excluding hydrogens is 246 g/mol. The second kappa shape index (κ2) is 11.3. The van der Waals surface area contributed by atoms with Crippen molar-refractivity contribution in [3.8, 4) is 0 Å². The van der Waals surface area contributed by atoms with Crippen LogP contribution in [0.4, 0.5) is 0 Å². The van der Waals surface area contributed by atoms with E-state index >= 15 is 0 Å². The van der Waals surface area contributed by atoms with Crippen molar-refractivity contribution >= 4 is 128 Å². The molecule has 0 aliphatic carbocycles. The van der Waals surface area contributed by atoms with Gasteiger partial charge in [0.15, 0.2) is 0 Å². The van der Waals surface area contributed by atoms with Gasteiger partial charge in [0, 0.05) is 147 Å². The van der Waals surface area contributed by atoms with E-state index in [9.17, 15) is 0 Å². The van der Waals surface area contributed by atoms with Crippen LogP contribution in [0.2, 0.25) is 0 Å². The number of hydrogen-bond donors (Lipinski definition) is 0. The molecule has 0 heterocycles. The number of rotatable bonds is 8. The molecule has 0 aliphatic heterocycles. The molecule has 0 aromatic carbocycles. The normalized spacial score (nSPS) is 8.42. The third-order valence-electron chi connectivity index (χ3n) is 2.89. The minimum Gasteiger partial charge on any atom is 0 e. The zero-order valence-corrected chi connectivity index (χ0v) is 12.2. The molecule has 0 atom stereocenters. The summed E-state index contributed by atoms with van der Waals surface area (Å²) in [5, 5.41) is 0. The molecule has 0 aliphatic rings. The molecule has 0 aromatic heterocycles. The van der Waals surface area contributed by atoms with Gasteiger partial charge in [0.25, 0.3) is 0 Å². The predicted molar refractivity (Wildman–Crippen MR) is 104 cm³/mol. The van der Waals surface area contributed by atoms with Crippen LogP contribution in [-0.2, 0) is 18.6 Å². The SMILES string of the molecule is [B][B]B(B([B])[B])B([B]B(B([B])[B])B([B])[B])B([B])[B].[V]. The Morgan fingerprint density at radius 1 is 0.526 bits per heavy atom. The van der Waals surface area contributed by atoms with Gasteiger partial charge >= 0.3 is 0 Å².